The maximum Gasteiger partial charge on any atom is 0.171 e. The van der Waals surface area contributed by atoms with Crippen molar-refractivity contribution in [2.24, 2.45) is 5.92 Å². The molecule has 2 heterocycles. The van der Waals surface area contributed by atoms with Gasteiger partial charge in [-0.1, -0.05) is 6.07 Å². The molecule has 0 saturated carbocycles. The van der Waals surface area contributed by atoms with E-state index in [9.17, 15) is 4.79 Å². The zero-order chi connectivity index (χ0) is 14.8. The molecule has 1 fully saturated rings. The minimum absolute atomic E-state index is 0.0329. The van der Waals surface area contributed by atoms with Crippen LogP contribution in [-0.2, 0) is 4.74 Å². The number of ketones is 1. The van der Waals surface area contributed by atoms with Crippen LogP contribution in [0.5, 0.6) is 5.75 Å². The average Bonchev–Trinajstić information content (AvgIpc) is 2.62. The normalized spacial score (nSPS) is 23.3. The number of aryl methyl sites for hydroxylation is 2. The van der Waals surface area contributed by atoms with E-state index < -0.39 is 0 Å². The molecule has 0 spiro atoms. The number of morpholine rings is 1. The Labute approximate surface area is 126 Å². The van der Waals surface area contributed by atoms with Crippen LogP contribution in [0.25, 0.3) is 0 Å². The quantitative estimate of drug-likeness (QED) is 0.837. The summed E-state index contributed by atoms with van der Waals surface area (Å²) in [6, 6.07) is 4.05. The Hall–Kier alpha value is -1.39. The molecule has 4 heteroatoms. The van der Waals surface area contributed by atoms with Gasteiger partial charge in [0.25, 0.3) is 0 Å². The van der Waals surface area contributed by atoms with Crippen LogP contribution in [0.2, 0.25) is 0 Å². The lowest BCUT2D eigenvalue weighted by Gasteiger charge is -2.29. The summed E-state index contributed by atoms with van der Waals surface area (Å²) in [5.74, 6) is 1.06. The van der Waals surface area contributed by atoms with Gasteiger partial charge in [0, 0.05) is 25.6 Å². The van der Waals surface area contributed by atoms with Gasteiger partial charge in [-0.3, -0.25) is 9.69 Å². The number of Topliss-reactive ketones (excluding diaryl/α,β-unsaturated/α-hetero) is 1. The van der Waals surface area contributed by atoms with Gasteiger partial charge < -0.3 is 9.47 Å². The minimum atomic E-state index is 0.0329. The van der Waals surface area contributed by atoms with Crippen LogP contribution in [0.4, 0.5) is 0 Å². The van der Waals surface area contributed by atoms with E-state index in [0.717, 1.165) is 61.7 Å². The summed E-state index contributed by atoms with van der Waals surface area (Å²) < 4.78 is 11.2. The van der Waals surface area contributed by atoms with Gasteiger partial charge in [0.1, 0.15) is 5.75 Å². The molecule has 21 heavy (non-hydrogen) atoms. The van der Waals surface area contributed by atoms with Gasteiger partial charge in [0.15, 0.2) is 5.78 Å². The fraction of sp³-hybridized carbons (Fsp3) is 0.588. The van der Waals surface area contributed by atoms with Crippen LogP contribution < -0.4 is 4.74 Å². The number of ether oxygens (including phenoxy) is 2. The summed E-state index contributed by atoms with van der Waals surface area (Å²) in [5, 5.41) is 0. The third-order valence-electron chi connectivity index (χ3n) is 4.35. The molecule has 2 aliphatic heterocycles. The van der Waals surface area contributed by atoms with Crippen molar-refractivity contribution in [2.45, 2.75) is 20.3 Å². The Morgan fingerprint density at radius 1 is 1.19 bits per heavy atom. The Morgan fingerprint density at radius 2 is 1.95 bits per heavy atom. The summed E-state index contributed by atoms with van der Waals surface area (Å²) >= 11 is 0. The van der Waals surface area contributed by atoms with E-state index in [1.165, 1.54) is 0 Å². The molecule has 3 rings (SSSR count). The molecule has 0 aromatic heterocycles. The molecule has 1 atom stereocenters. The maximum absolute atomic E-state index is 12.9. The number of hydrogen-bond donors (Lipinski definition) is 0. The Balaban J connectivity index is 1.82. The smallest absolute Gasteiger partial charge is 0.171 e. The Morgan fingerprint density at radius 3 is 2.71 bits per heavy atom. The van der Waals surface area contributed by atoms with Crippen LogP contribution >= 0.6 is 0 Å². The summed E-state index contributed by atoms with van der Waals surface area (Å²) in [7, 11) is 0. The number of rotatable bonds is 2. The number of carbonyl (C=O) groups is 1. The number of fused-ring (bicyclic) bond motifs is 1. The third kappa shape index (κ3) is 3.11. The molecule has 1 saturated heterocycles. The molecule has 0 amide bonds. The highest BCUT2D eigenvalue weighted by Crippen LogP contribution is 2.31. The summed E-state index contributed by atoms with van der Waals surface area (Å²) in [4.78, 5) is 15.2. The molecule has 2 aliphatic rings. The van der Waals surface area contributed by atoms with E-state index in [4.69, 9.17) is 9.47 Å². The zero-order valence-electron chi connectivity index (χ0n) is 12.9. The van der Waals surface area contributed by atoms with Gasteiger partial charge in [0.05, 0.1) is 25.4 Å². The molecule has 4 nitrogen and oxygen atoms in total. The monoisotopic (exact) mass is 289 g/mol. The maximum atomic E-state index is 12.9. The molecule has 114 valence electrons. The fourth-order valence-corrected chi connectivity index (χ4v) is 3.25. The van der Waals surface area contributed by atoms with E-state index in [2.05, 4.69) is 11.0 Å². The van der Waals surface area contributed by atoms with Gasteiger partial charge in [0.2, 0.25) is 0 Å². The van der Waals surface area contributed by atoms with Crippen LogP contribution in [-0.4, -0.2) is 50.1 Å². The van der Waals surface area contributed by atoms with Gasteiger partial charge in [-0.25, -0.2) is 0 Å². The van der Waals surface area contributed by atoms with E-state index in [0.29, 0.717) is 6.61 Å². The lowest BCUT2D eigenvalue weighted by molar-refractivity contribution is 0.0291. The van der Waals surface area contributed by atoms with Crippen molar-refractivity contribution in [1.29, 1.82) is 0 Å². The molecular formula is C17H23NO3. The van der Waals surface area contributed by atoms with E-state index in [-0.39, 0.29) is 11.7 Å². The molecule has 1 aromatic rings. The number of nitrogens with zero attached hydrogens (tertiary/aromatic N) is 1. The first-order chi connectivity index (χ1) is 10.1. The SMILES string of the molecule is Cc1cc(C)c2c(c1)C(=O)C(CN1CCOCC1)CCO2. The summed E-state index contributed by atoms with van der Waals surface area (Å²) in [6.45, 7) is 8.87. The molecule has 0 aliphatic carbocycles. The van der Waals surface area contributed by atoms with Gasteiger partial charge >= 0.3 is 0 Å². The fourth-order valence-electron chi connectivity index (χ4n) is 3.25. The van der Waals surface area contributed by atoms with Gasteiger partial charge in [-0.2, -0.15) is 0 Å². The van der Waals surface area contributed by atoms with Crippen molar-refractivity contribution in [3.05, 3.63) is 28.8 Å². The van der Waals surface area contributed by atoms with Crippen molar-refractivity contribution in [3.8, 4) is 5.75 Å². The first-order valence-electron chi connectivity index (χ1n) is 7.73. The number of carbonyl (C=O) groups excluding carboxylic acids is 1. The highest BCUT2D eigenvalue weighted by atomic mass is 16.5. The highest BCUT2D eigenvalue weighted by Gasteiger charge is 2.29. The summed E-state index contributed by atoms with van der Waals surface area (Å²) in [5.41, 5.74) is 2.95. The van der Waals surface area contributed by atoms with Crippen LogP contribution in [0.3, 0.4) is 0 Å². The van der Waals surface area contributed by atoms with Crippen LogP contribution in [0.1, 0.15) is 27.9 Å². The molecule has 1 aromatic carbocycles. The zero-order valence-corrected chi connectivity index (χ0v) is 12.9. The van der Waals surface area contributed by atoms with Gasteiger partial charge in [-0.05, 0) is 37.5 Å². The largest absolute Gasteiger partial charge is 0.493 e. The van der Waals surface area contributed by atoms with E-state index in [1.54, 1.807) is 0 Å². The van der Waals surface area contributed by atoms with Crippen molar-refractivity contribution in [3.63, 3.8) is 0 Å². The van der Waals surface area contributed by atoms with Crippen LogP contribution in [0.15, 0.2) is 12.1 Å². The standard InChI is InChI=1S/C17H23NO3/c1-12-9-13(2)17-15(10-12)16(19)14(3-6-21-17)11-18-4-7-20-8-5-18/h9-10,14H,3-8,11H2,1-2H3. The average molecular weight is 289 g/mol. The van der Waals surface area contributed by atoms with Crippen molar-refractivity contribution in [2.75, 3.05) is 39.5 Å². The lowest BCUT2D eigenvalue weighted by Crippen LogP contribution is -2.41. The lowest BCUT2D eigenvalue weighted by atomic mass is 9.92. The van der Waals surface area contributed by atoms with Gasteiger partial charge in [-0.15, -0.1) is 0 Å². The Bertz CT molecular complexity index is 535. The van der Waals surface area contributed by atoms with E-state index >= 15 is 0 Å². The van der Waals surface area contributed by atoms with E-state index in [1.807, 2.05) is 19.9 Å². The molecular weight excluding hydrogens is 266 g/mol. The summed E-state index contributed by atoms with van der Waals surface area (Å²) in [6.07, 6.45) is 0.795. The minimum Gasteiger partial charge on any atom is -0.493 e. The molecule has 0 N–H and O–H groups in total. The first-order valence-corrected chi connectivity index (χ1v) is 7.73. The van der Waals surface area contributed by atoms with Crippen molar-refractivity contribution >= 4 is 5.78 Å². The second-order valence-corrected chi connectivity index (χ2v) is 6.07. The number of hydrogen-bond acceptors (Lipinski definition) is 4. The Kier molecular flexibility index (Phi) is 4.27. The predicted octanol–water partition coefficient (Wildman–Crippen LogP) is 2.22. The molecule has 0 bridgehead atoms. The first kappa shape index (κ1) is 14.5. The second-order valence-electron chi connectivity index (χ2n) is 6.07. The third-order valence-corrected chi connectivity index (χ3v) is 4.35. The molecule has 1 unspecified atom stereocenters. The number of benzene rings is 1. The van der Waals surface area contributed by atoms with Crippen molar-refractivity contribution < 1.29 is 14.3 Å². The van der Waals surface area contributed by atoms with Crippen LogP contribution in [0, 0.1) is 19.8 Å². The highest BCUT2D eigenvalue weighted by molar-refractivity contribution is 6.01. The topological polar surface area (TPSA) is 38.8 Å². The molecule has 0 radical (unpaired) electrons. The second kappa shape index (κ2) is 6.16. The van der Waals surface area contributed by atoms with Crippen molar-refractivity contribution in [1.82, 2.24) is 4.90 Å². The predicted molar refractivity (Wildman–Crippen MR) is 81.1 cm³/mol.